The van der Waals surface area contributed by atoms with E-state index in [1.165, 1.54) is 5.34 Å². The lowest BCUT2D eigenvalue weighted by atomic mass is 10.2. The summed E-state index contributed by atoms with van der Waals surface area (Å²) in [5.41, 5.74) is 0.692. The molecule has 0 aliphatic heterocycles. The first kappa shape index (κ1) is 10.8. The van der Waals surface area contributed by atoms with Gasteiger partial charge in [-0.05, 0) is 6.07 Å². The number of benzene rings is 1. The van der Waals surface area contributed by atoms with E-state index in [0.717, 1.165) is 10.8 Å². The monoisotopic (exact) mass is 231 g/mol. The second-order valence-electron chi connectivity index (χ2n) is 1.72. The second-order valence-corrected chi connectivity index (χ2v) is 2.58. The molecule has 1 N–H and O–H groups in total. The van der Waals surface area contributed by atoms with Gasteiger partial charge in [-0.25, -0.2) is 0 Å². The van der Waals surface area contributed by atoms with Crippen molar-refractivity contribution in [2.24, 2.45) is 5.34 Å². The molecule has 1 aromatic carbocycles. The summed E-state index contributed by atoms with van der Waals surface area (Å²) < 4.78 is 0.847. The van der Waals surface area contributed by atoms with Crippen LogP contribution < -0.4 is 0 Å². The van der Waals surface area contributed by atoms with Gasteiger partial charge in [0.2, 0.25) is 0 Å². The summed E-state index contributed by atoms with van der Waals surface area (Å²) >= 11 is 3.23. The maximum absolute atomic E-state index is 10.2. The molecule has 1 rings (SSSR count). The molecule has 0 radical (unpaired) electrons. The molecular weight excluding hydrogens is 226 g/mol. The van der Waals surface area contributed by atoms with Crippen molar-refractivity contribution in [1.29, 1.82) is 0 Å². The Labute approximate surface area is 77.3 Å². The van der Waals surface area contributed by atoms with Gasteiger partial charge in [-0.2, -0.15) is 0 Å². The molecule has 64 valence electrons. The Bertz CT molecular complexity index is 265. The highest BCUT2D eigenvalue weighted by atomic mass is 79.9. The van der Waals surface area contributed by atoms with Crippen LogP contribution in [0.25, 0.3) is 0 Å². The SMILES string of the molecule is O=Cc1ccccc1Br.O=NO. The third-order valence-electron chi connectivity index (χ3n) is 1.03. The largest absolute Gasteiger partial charge is 0.379 e. The normalized spacial score (nSPS) is 7.75. The van der Waals surface area contributed by atoms with Crippen LogP contribution in [-0.2, 0) is 0 Å². The summed E-state index contributed by atoms with van der Waals surface area (Å²) in [7, 11) is 0. The minimum atomic E-state index is 0.692. The van der Waals surface area contributed by atoms with Crippen LogP contribution in [0.15, 0.2) is 34.1 Å². The molecule has 0 unspecified atom stereocenters. The Hall–Kier alpha value is -1.23. The van der Waals surface area contributed by atoms with Crippen LogP contribution >= 0.6 is 15.9 Å². The zero-order chi connectivity index (χ0) is 9.40. The lowest BCUT2D eigenvalue weighted by Gasteiger charge is -1.90. The molecule has 0 heterocycles. The maximum atomic E-state index is 10.2. The molecule has 0 saturated carbocycles. The van der Waals surface area contributed by atoms with Crippen LogP contribution in [0.3, 0.4) is 0 Å². The fourth-order valence-corrected chi connectivity index (χ4v) is 0.949. The fourth-order valence-electron chi connectivity index (χ4n) is 0.571. The summed E-state index contributed by atoms with van der Waals surface area (Å²) in [6.45, 7) is 0. The number of halogens is 1. The van der Waals surface area contributed by atoms with E-state index in [2.05, 4.69) is 15.9 Å². The average molecular weight is 232 g/mol. The predicted octanol–water partition coefficient (Wildman–Crippen LogP) is 2.40. The first-order valence-corrected chi connectivity index (χ1v) is 3.72. The van der Waals surface area contributed by atoms with Crippen molar-refractivity contribution in [2.45, 2.75) is 0 Å². The van der Waals surface area contributed by atoms with Gasteiger partial charge >= 0.3 is 0 Å². The van der Waals surface area contributed by atoms with E-state index >= 15 is 0 Å². The summed E-state index contributed by atoms with van der Waals surface area (Å²) in [6, 6.07) is 7.30. The van der Waals surface area contributed by atoms with Gasteiger partial charge in [0.25, 0.3) is 0 Å². The third kappa shape index (κ3) is 3.82. The van der Waals surface area contributed by atoms with Crippen LogP contribution in [0.1, 0.15) is 10.4 Å². The van der Waals surface area contributed by atoms with E-state index in [4.69, 9.17) is 10.1 Å². The summed E-state index contributed by atoms with van der Waals surface area (Å²) in [5, 5.41) is 7.89. The Morgan fingerprint density at radius 1 is 1.42 bits per heavy atom. The summed E-state index contributed by atoms with van der Waals surface area (Å²) in [6.07, 6.45) is 0.823. The number of hydrogen-bond acceptors (Lipinski definition) is 3. The molecule has 0 aliphatic carbocycles. The minimum absolute atomic E-state index is 0.692. The standard InChI is InChI=1S/C7H5BrO.HNO2/c8-7-4-2-1-3-6(7)5-9;2-1-3/h1-5H;(H,2,3). The van der Waals surface area contributed by atoms with Crippen molar-refractivity contribution in [3.05, 3.63) is 39.2 Å². The van der Waals surface area contributed by atoms with Gasteiger partial charge in [-0.15, -0.1) is 4.91 Å². The number of hydrogen-bond donors (Lipinski definition) is 1. The first-order valence-electron chi connectivity index (χ1n) is 2.92. The van der Waals surface area contributed by atoms with Gasteiger partial charge in [-0.3, -0.25) is 4.79 Å². The van der Waals surface area contributed by atoms with Crippen LogP contribution in [-0.4, -0.2) is 11.5 Å². The lowest BCUT2D eigenvalue weighted by molar-refractivity contribution is 0.112. The molecule has 1 aromatic rings. The van der Waals surface area contributed by atoms with Gasteiger partial charge in [-0.1, -0.05) is 34.1 Å². The van der Waals surface area contributed by atoms with Crippen molar-refractivity contribution in [3.8, 4) is 0 Å². The molecule has 5 heteroatoms. The highest BCUT2D eigenvalue weighted by Crippen LogP contribution is 2.12. The van der Waals surface area contributed by atoms with Gasteiger partial charge in [0.15, 0.2) is 11.6 Å². The molecule has 0 aromatic heterocycles. The Morgan fingerprint density at radius 3 is 2.25 bits per heavy atom. The Morgan fingerprint density at radius 2 is 1.92 bits per heavy atom. The zero-order valence-electron chi connectivity index (χ0n) is 5.98. The van der Waals surface area contributed by atoms with Crippen LogP contribution in [0.2, 0.25) is 0 Å². The second kappa shape index (κ2) is 6.48. The highest BCUT2D eigenvalue weighted by molar-refractivity contribution is 9.10. The van der Waals surface area contributed by atoms with Crippen molar-refractivity contribution in [3.63, 3.8) is 0 Å². The van der Waals surface area contributed by atoms with Crippen LogP contribution in [0, 0.1) is 4.91 Å². The maximum Gasteiger partial charge on any atom is 0.152 e. The smallest absolute Gasteiger partial charge is 0.152 e. The lowest BCUT2D eigenvalue weighted by Crippen LogP contribution is -1.78. The van der Waals surface area contributed by atoms with Gasteiger partial charge in [0.1, 0.15) is 0 Å². The average Bonchev–Trinajstić information content (AvgIpc) is 2.07. The minimum Gasteiger partial charge on any atom is -0.379 e. The topological polar surface area (TPSA) is 66.7 Å². The molecule has 0 saturated heterocycles. The van der Waals surface area contributed by atoms with Crippen molar-refractivity contribution in [2.75, 3.05) is 0 Å². The fraction of sp³-hybridized carbons (Fsp3) is 0. The molecule has 4 nitrogen and oxygen atoms in total. The molecule has 0 fully saturated rings. The van der Waals surface area contributed by atoms with Gasteiger partial charge in [0, 0.05) is 10.0 Å². The van der Waals surface area contributed by atoms with Crippen molar-refractivity contribution < 1.29 is 10.0 Å². The number of aldehydes is 1. The van der Waals surface area contributed by atoms with E-state index in [1.807, 2.05) is 18.2 Å². The Balaban J connectivity index is 0.000000354. The first-order chi connectivity index (χ1) is 5.76. The predicted molar refractivity (Wildman–Crippen MR) is 47.1 cm³/mol. The van der Waals surface area contributed by atoms with Crippen molar-refractivity contribution in [1.82, 2.24) is 0 Å². The molecule has 0 atom stereocenters. The van der Waals surface area contributed by atoms with E-state index in [9.17, 15) is 4.79 Å². The van der Waals surface area contributed by atoms with E-state index in [0.29, 0.717) is 5.56 Å². The van der Waals surface area contributed by atoms with Crippen LogP contribution in [0.4, 0.5) is 0 Å². The van der Waals surface area contributed by atoms with E-state index in [-0.39, 0.29) is 0 Å². The van der Waals surface area contributed by atoms with Gasteiger partial charge in [0.05, 0.1) is 0 Å². The Kier molecular flexibility index (Phi) is 5.81. The molecular formula is C7H6BrNO3. The van der Waals surface area contributed by atoms with E-state index in [1.54, 1.807) is 6.07 Å². The van der Waals surface area contributed by atoms with Crippen LogP contribution in [0.5, 0.6) is 0 Å². The quantitative estimate of drug-likeness (QED) is 0.459. The molecule has 0 spiro atoms. The molecule has 12 heavy (non-hydrogen) atoms. The third-order valence-corrected chi connectivity index (χ3v) is 1.75. The number of carbonyl (C=O) groups excluding carboxylic acids is 1. The summed E-state index contributed by atoms with van der Waals surface area (Å²) in [5.74, 6) is 0. The van der Waals surface area contributed by atoms with Gasteiger partial charge < -0.3 is 5.21 Å². The zero-order valence-corrected chi connectivity index (χ0v) is 7.56. The number of nitrogens with zero attached hydrogens (tertiary/aromatic N) is 1. The summed E-state index contributed by atoms with van der Waals surface area (Å²) in [4.78, 5) is 18.3. The number of rotatable bonds is 1. The highest BCUT2D eigenvalue weighted by Gasteiger charge is 1.92. The van der Waals surface area contributed by atoms with E-state index < -0.39 is 0 Å². The molecule has 0 bridgehead atoms. The number of carbonyl (C=O) groups is 1. The molecule has 0 amide bonds. The van der Waals surface area contributed by atoms with Crippen molar-refractivity contribution >= 4 is 22.2 Å². The molecule has 0 aliphatic rings.